The molecule has 2 aliphatic carbocycles. The van der Waals surface area contributed by atoms with Gasteiger partial charge in [0, 0.05) is 24.2 Å². The minimum Gasteiger partial charge on any atom is -0.299 e. The van der Waals surface area contributed by atoms with Gasteiger partial charge < -0.3 is 0 Å². The summed E-state index contributed by atoms with van der Waals surface area (Å²) >= 11 is 0. The Kier molecular flexibility index (Phi) is 3.42. The van der Waals surface area contributed by atoms with Crippen LogP contribution < -0.4 is 0 Å². The third-order valence-corrected chi connectivity index (χ3v) is 5.11. The lowest BCUT2D eigenvalue weighted by Gasteiger charge is -2.46. The molecule has 2 fully saturated rings. The Labute approximate surface area is 104 Å². The lowest BCUT2D eigenvalue weighted by Crippen LogP contribution is -2.49. The molecule has 0 saturated heterocycles. The summed E-state index contributed by atoms with van der Waals surface area (Å²) in [5.41, 5.74) is 0. The molecule has 5 atom stereocenters. The van der Waals surface area contributed by atoms with Gasteiger partial charge in [0.2, 0.25) is 0 Å². The van der Waals surface area contributed by atoms with Gasteiger partial charge in [-0.05, 0) is 30.6 Å². The van der Waals surface area contributed by atoms with Crippen LogP contribution in [0.15, 0.2) is 0 Å². The van der Waals surface area contributed by atoms with E-state index in [1.54, 1.807) is 0 Å². The van der Waals surface area contributed by atoms with E-state index >= 15 is 0 Å². The minimum atomic E-state index is 0.103. The molecule has 0 spiro atoms. The van der Waals surface area contributed by atoms with Crippen LogP contribution in [0.2, 0.25) is 0 Å². The highest BCUT2D eigenvalue weighted by Gasteiger charge is 2.49. The Morgan fingerprint density at radius 2 is 1.76 bits per heavy atom. The summed E-state index contributed by atoms with van der Waals surface area (Å²) in [6, 6.07) is 0. The molecule has 2 saturated carbocycles. The number of hydrogen-bond donors (Lipinski definition) is 0. The van der Waals surface area contributed by atoms with Crippen LogP contribution in [0.5, 0.6) is 0 Å². The third kappa shape index (κ3) is 2.07. The smallest absolute Gasteiger partial charge is 0.139 e. The van der Waals surface area contributed by atoms with E-state index in [1.807, 2.05) is 6.92 Å². The second-order valence-electron chi connectivity index (χ2n) is 6.44. The Morgan fingerprint density at radius 1 is 1.12 bits per heavy atom. The Bertz CT molecular complexity index is 330. The number of carbonyl (C=O) groups excluding carboxylic acids is 2. The second-order valence-corrected chi connectivity index (χ2v) is 6.44. The van der Waals surface area contributed by atoms with Crippen molar-refractivity contribution >= 4 is 11.6 Å². The van der Waals surface area contributed by atoms with Gasteiger partial charge in [-0.1, -0.05) is 27.7 Å². The highest BCUT2D eigenvalue weighted by molar-refractivity contribution is 5.89. The summed E-state index contributed by atoms with van der Waals surface area (Å²) in [6.45, 7) is 8.38. The van der Waals surface area contributed by atoms with Gasteiger partial charge in [-0.2, -0.15) is 0 Å². The molecule has 2 rings (SSSR count). The summed E-state index contributed by atoms with van der Waals surface area (Å²) in [5, 5.41) is 0. The molecule has 96 valence electrons. The van der Waals surface area contributed by atoms with Crippen LogP contribution in [-0.4, -0.2) is 11.6 Å². The number of rotatable bonds is 1. The Balaban J connectivity index is 2.31. The van der Waals surface area contributed by atoms with E-state index in [-0.39, 0.29) is 17.8 Å². The van der Waals surface area contributed by atoms with Gasteiger partial charge in [0.1, 0.15) is 11.6 Å². The average Bonchev–Trinajstić information content (AvgIpc) is 2.27. The summed E-state index contributed by atoms with van der Waals surface area (Å²) in [5.74, 6) is 2.34. The molecule has 0 aromatic rings. The molecule has 0 bridgehead atoms. The monoisotopic (exact) mass is 236 g/mol. The lowest BCUT2D eigenvalue weighted by atomic mass is 9.56. The number of carbonyl (C=O) groups is 2. The second kappa shape index (κ2) is 4.55. The van der Waals surface area contributed by atoms with Crippen LogP contribution in [0.25, 0.3) is 0 Å². The molecule has 2 heteroatoms. The summed E-state index contributed by atoms with van der Waals surface area (Å²) in [6.07, 6.45) is 2.66. The summed E-state index contributed by atoms with van der Waals surface area (Å²) < 4.78 is 0. The molecule has 5 unspecified atom stereocenters. The fraction of sp³-hybridized carbons (Fsp3) is 0.867. The fourth-order valence-corrected chi connectivity index (χ4v) is 3.83. The van der Waals surface area contributed by atoms with E-state index in [1.165, 1.54) is 0 Å². The molecular formula is C15H24O2. The van der Waals surface area contributed by atoms with E-state index in [2.05, 4.69) is 20.8 Å². The average molecular weight is 236 g/mol. The van der Waals surface area contributed by atoms with Gasteiger partial charge in [0.25, 0.3) is 0 Å². The van der Waals surface area contributed by atoms with Crippen LogP contribution in [0.4, 0.5) is 0 Å². The van der Waals surface area contributed by atoms with Gasteiger partial charge in [-0.15, -0.1) is 0 Å². The van der Waals surface area contributed by atoms with E-state index in [9.17, 15) is 9.59 Å². The van der Waals surface area contributed by atoms with Crippen molar-refractivity contribution in [3.05, 3.63) is 0 Å². The van der Waals surface area contributed by atoms with Gasteiger partial charge in [-0.3, -0.25) is 9.59 Å². The van der Waals surface area contributed by atoms with E-state index in [0.29, 0.717) is 35.7 Å². The van der Waals surface area contributed by atoms with Crippen molar-refractivity contribution in [2.24, 2.45) is 35.5 Å². The molecule has 0 N–H and O–H groups in total. The first-order valence-corrected chi connectivity index (χ1v) is 7.00. The normalized spacial score (nSPS) is 42.8. The molecule has 0 radical (unpaired) electrons. The van der Waals surface area contributed by atoms with Crippen LogP contribution >= 0.6 is 0 Å². The van der Waals surface area contributed by atoms with Gasteiger partial charge >= 0.3 is 0 Å². The van der Waals surface area contributed by atoms with Gasteiger partial charge in [0.15, 0.2) is 0 Å². The van der Waals surface area contributed by atoms with Crippen molar-refractivity contribution in [1.29, 1.82) is 0 Å². The standard InChI is InChI=1S/C15H24O2/c1-8(2)12-7-13(16)10(4)11-6-5-9(3)15(17)14(11)12/h8-12,14H,5-7H2,1-4H3. The van der Waals surface area contributed by atoms with Crippen molar-refractivity contribution in [3.63, 3.8) is 0 Å². The van der Waals surface area contributed by atoms with E-state index < -0.39 is 0 Å². The molecule has 0 heterocycles. The van der Waals surface area contributed by atoms with Gasteiger partial charge in [0.05, 0.1) is 0 Å². The largest absolute Gasteiger partial charge is 0.299 e. The van der Waals surface area contributed by atoms with Crippen LogP contribution in [-0.2, 0) is 9.59 Å². The van der Waals surface area contributed by atoms with E-state index in [4.69, 9.17) is 0 Å². The van der Waals surface area contributed by atoms with Crippen LogP contribution in [0, 0.1) is 35.5 Å². The SMILES string of the molecule is CC1CCC2C(C)C(=O)CC(C(C)C)C2C1=O. The molecule has 17 heavy (non-hydrogen) atoms. The van der Waals surface area contributed by atoms with Crippen LogP contribution in [0.1, 0.15) is 47.0 Å². The van der Waals surface area contributed by atoms with Crippen molar-refractivity contribution in [2.75, 3.05) is 0 Å². The number of ketones is 2. The maximum atomic E-state index is 12.4. The van der Waals surface area contributed by atoms with Crippen molar-refractivity contribution in [3.8, 4) is 0 Å². The highest BCUT2D eigenvalue weighted by atomic mass is 16.1. The lowest BCUT2D eigenvalue weighted by molar-refractivity contribution is -0.145. The van der Waals surface area contributed by atoms with Crippen molar-refractivity contribution in [2.45, 2.75) is 47.0 Å². The van der Waals surface area contributed by atoms with Crippen molar-refractivity contribution in [1.82, 2.24) is 0 Å². The zero-order valence-electron chi connectivity index (χ0n) is 11.4. The predicted octanol–water partition coefficient (Wildman–Crippen LogP) is 3.10. The zero-order valence-corrected chi connectivity index (χ0v) is 11.4. The Morgan fingerprint density at radius 3 is 2.35 bits per heavy atom. The minimum absolute atomic E-state index is 0.103. The molecule has 0 amide bonds. The van der Waals surface area contributed by atoms with Crippen LogP contribution in [0.3, 0.4) is 0 Å². The number of fused-ring (bicyclic) bond motifs is 1. The fourth-order valence-electron chi connectivity index (χ4n) is 3.83. The quantitative estimate of drug-likeness (QED) is 0.701. The third-order valence-electron chi connectivity index (χ3n) is 5.11. The predicted molar refractivity (Wildman–Crippen MR) is 67.5 cm³/mol. The molecule has 2 aliphatic rings. The molecular weight excluding hydrogens is 212 g/mol. The van der Waals surface area contributed by atoms with Gasteiger partial charge in [-0.25, -0.2) is 0 Å². The summed E-state index contributed by atoms with van der Waals surface area (Å²) in [4.78, 5) is 24.5. The first-order chi connectivity index (χ1) is 7.93. The molecule has 2 nitrogen and oxygen atoms in total. The zero-order chi connectivity index (χ0) is 12.7. The maximum Gasteiger partial charge on any atom is 0.139 e. The number of hydrogen-bond acceptors (Lipinski definition) is 2. The maximum absolute atomic E-state index is 12.4. The molecule has 0 aromatic carbocycles. The summed E-state index contributed by atoms with van der Waals surface area (Å²) in [7, 11) is 0. The Hall–Kier alpha value is -0.660. The molecule has 0 aliphatic heterocycles. The topological polar surface area (TPSA) is 34.1 Å². The molecule has 0 aromatic heterocycles. The highest BCUT2D eigenvalue weighted by Crippen LogP contribution is 2.47. The van der Waals surface area contributed by atoms with E-state index in [0.717, 1.165) is 12.8 Å². The number of Topliss-reactive ketones (excluding diaryl/α,β-unsaturated/α-hetero) is 2. The first kappa shape index (κ1) is 12.8. The first-order valence-electron chi connectivity index (χ1n) is 7.00. The van der Waals surface area contributed by atoms with Crippen molar-refractivity contribution < 1.29 is 9.59 Å².